The van der Waals surface area contributed by atoms with E-state index in [2.05, 4.69) is 10.1 Å². The van der Waals surface area contributed by atoms with Crippen LogP contribution in [0.3, 0.4) is 0 Å². The number of likely N-dealkylation sites (tertiary alicyclic amines) is 1. The molecule has 0 radical (unpaired) electrons. The van der Waals surface area contributed by atoms with Crippen LogP contribution in [0.2, 0.25) is 0 Å². The number of amides is 2. The van der Waals surface area contributed by atoms with E-state index in [-0.39, 0.29) is 30.8 Å². The van der Waals surface area contributed by atoms with Gasteiger partial charge in [0.25, 0.3) is 0 Å². The Hall–Kier alpha value is -3.11. The molecule has 0 bridgehead atoms. The molecule has 212 valence electrons. The smallest absolute Gasteiger partial charge is 0.416 e. The first-order valence-corrected chi connectivity index (χ1v) is 13.9. The molecule has 2 unspecified atom stereocenters. The number of carbonyl (C=O) groups excluding carboxylic acids is 1. The van der Waals surface area contributed by atoms with Crippen molar-refractivity contribution in [2.24, 2.45) is 0 Å². The molecule has 2 aliphatic carbocycles. The van der Waals surface area contributed by atoms with E-state index in [9.17, 15) is 27.9 Å². The lowest BCUT2D eigenvalue weighted by molar-refractivity contribution is -0.145. The maximum atomic E-state index is 14.3. The lowest BCUT2D eigenvalue weighted by Gasteiger charge is -2.45. The van der Waals surface area contributed by atoms with E-state index < -0.39 is 23.4 Å². The molecule has 2 heterocycles. The molecule has 1 aromatic carbocycles. The van der Waals surface area contributed by atoms with Crippen LogP contribution in [0.4, 0.5) is 18.0 Å². The average molecular weight is 549 g/mol. The summed E-state index contributed by atoms with van der Waals surface area (Å²) in [6.07, 6.45) is 0.907. The third kappa shape index (κ3) is 5.63. The molecule has 0 spiro atoms. The topological polar surface area (TPSA) is 99.8 Å². The number of aromatic nitrogens is 2. The van der Waals surface area contributed by atoms with Crippen LogP contribution in [0, 0.1) is 0 Å². The van der Waals surface area contributed by atoms with Crippen molar-refractivity contribution < 1.29 is 32.4 Å². The predicted octanol–water partition coefficient (Wildman–Crippen LogP) is 6.16. The van der Waals surface area contributed by atoms with Gasteiger partial charge < -0.3 is 14.5 Å². The van der Waals surface area contributed by atoms with E-state index in [4.69, 9.17) is 4.52 Å². The summed E-state index contributed by atoms with van der Waals surface area (Å²) in [6.45, 7) is 2.84. The Labute approximate surface area is 225 Å². The van der Waals surface area contributed by atoms with Crippen molar-refractivity contribution in [2.75, 3.05) is 19.6 Å². The standard InChI is InChI=1S/C28H35F3N4O4/c1-2-3-14-35(26(37)38)27(12-4-5-13-27)25(36)34-16-20(18-8-10-22(11-9-18)28(29,30)31)15-21(17-34)24-32-23(33-39-24)19-6-7-19/h8-11,19-21H,2-7,12-17H2,1H3,(H,37,38). The highest BCUT2D eigenvalue weighted by molar-refractivity contribution is 5.90. The van der Waals surface area contributed by atoms with Crippen LogP contribution in [-0.2, 0) is 11.0 Å². The number of unbranched alkanes of at least 4 members (excludes halogenated alkanes) is 1. The molecule has 11 heteroatoms. The molecule has 5 rings (SSSR count). The second-order valence-electron chi connectivity index (χ2n) is 11.3. The zero-order valence-electron chi connectivity index (χ0n) is 22.1. The largest absolute Gasteiger partial charge is 0.465 e. The van der Waals surface area contributed by atoms with Crippen LogP contribution >= 0.6 is 0 Å². The van der Waals surface area contributed by atoms with E-state index >= 15 is 0 Å². The summed E-state index contributed by atoms with van der Waals surface area (Å²) < 4.78 is 45.2. The van der Waals surface area contributed by atoms with Crippen molar-refractivity contribution >= 4 is 12.0 Å². The van der Waals surface area contributed by atoms with Gasteiger partial charge in [-0.2, -0.15) is 18.2 Å². The second kappa shape index (κ2) is 10.8. The number of piperidine rings is 1. The fraction of sp³-hybridized carbons (Fsp3) is 0.643. The Bertz CT molecular complexity index is 1170. The first-order chi connectivity index (χ1) is 18.6. The molecule has 2 atom stereocenters. The van der Waals surface area contributed by atoms with Gasteiger partial charge in [0, 0.05) is 31.5 Å². The van der Waals surface area contributed by atoms with Crippen LogP contribution < -0.4 is 0 Å². The number of nitrogens with zero attached hydrogens (tertiary/aromatic N) is 4. The van der Waals surface area contributed by atoms with Crippen molar-refractivity contribution in [3.63, 3.8) is 0 Å². The number of alkyl halides is 3. The molecule has 39 heavy (non-hydrogen) atoms. The number of rotatable bonds is 8. The molecule has 1 saturated heterocycles. The Balaban J connectivity index is 1.46. The highest BCUT2D eigenvalue weighted by Crippen LogP contribution is 2.43. The van der Waals surface area contributed by atoms with Crippen molar-refractivity contribution in [3.8, 4) is 0 Å². The van der Waals surface area contributed by atoms with Crippen molar-refractivity contribution in [1.82, 2.24) is 19.9 Å². The molecule has 2 amide bonds. The van der Waals surface area contributed by atoms with Crippen molar-refractivity contribution in [1.29, 1.82) is 0 Å². The maximum absolute atomic E-state index is 14.3. The Morgan fingerprint density at radius 1 is 1.10 bits per heavy atom. The lowest BCUT2D eigenvalue weighted by Crippen LogP contribution is -2.61. The van der Waals surface area contributed by atoms with Crippen LogP contribution in [0.15, 0.2) is 28.8 Å². The number of benzene rings is 1. The summed E-state index contributed by atoms with van der Waals surface area (Å²) in [6, 6.07) is 5.08. The number of carbonyl (C=O) groups is 2. The minimum absolute atomic E-state index is 0.234. The molecule has 3 aliphatic rings. The fourth-order valence-electron chi connectivity index (χ4n) is 6.21. The second-order valence-corrected chi connectivity index (χ2v) is 11.3. The first kappa shape index (κ1) is 27.5. The molecule has 8 nitrogen and oxygen atoms in total. The Kier molecular flexibility index (Phi) is 7.61. The third-order valence-electron chi connectivity index (χ3n) is 8.51. The molecular formula is C28H35F3N4O4. The minimum atomic E-state index is -4.44. The Morgan fingerprint density at radius 3 is 2.36 bits per heavy atom. The van der Waals surface area contributed by atoms with E-state index in [1.54, 1.807) is 4.90 Å². The minimum Gasteiger partial charge on any atom is -0.465 e. The summed E-state index contributed by atoms with van der Waals surface area (Å²) in [5.41, 5.74) is -1.17. The fourth-order valence-corrected chi connectivity index (χ4v) is 6.21. The van der Waals surface area contributed by atoms with E-state index in [1.165, 1.54) is 17.0 Å². The molecule has 1 N–H and O–H groups in total. The van der Waals surface area contributed by atoms with Gasteiger partial charge in [0.15, 0.2) is 5.82 Å². The quantitative estimate of drug-likeness (QED) is 0.424. The van der Waals surface area contributed by atoms with Gasteiger partial charge in [-0.05, 0) is 56.2 Å². The summed E-state index contributed by atoms with van der Waals surface area (Å²) in [5, 5.41) is 14.3. The van der Waals surface area contributed by atoms with Crippen molar-refractivity contribution in [2.45, 2.75) is 94.2 Å². The van der Waals surface area contributed by atoms with Gasteiger partial charge in [-0.3, -0.25) is 9.69 Å². The third-order valence-corrected chi connectivity index (χ3v) is 8.51. The van der Waals surface area contributed by atoms with Crippen LogP contribution in [0.1, 0.15) is 105 Å². The van der Waals surface area contributed by atoms with E-state index in [0.717, 1.165) is 44.2 Å². The van der Waals surface area contributed by atoms with Gasteiger partial charge >= 0.3 is 12.3 Å². The zero-order chi connectivity index (χ0) is 27.8. The lowest BCUT2D eigenvalue weighted by atomic mass is 9.82. The summed E-state index contributed by atoms with van der Waals surface area (Å²) in [5.74, 6) is 0.568. The van der Waals surface area contributed by atoms with Gasteiger partial charge in [0.2, 0.25) is 11.8 Å². The molecule has 1 aliphatic heterocycles. The SMILES string of the molecule is CCCCN(C(=O)O)C1(C(=O)N2CC(c3ccc(C(F)(F)F)cc3)CC(c3nc(C4CC4)no3)C2)CCCC1. The van der Waals surface area contributed by atoms with Gasteiger partial charge in [-0.1, -0.05) is 43.5 Å². The normalized spacial score (nSPS) is 23.1. The number of hydrogen-bond donors (Lipinski definition) is 1. The summed E-state index contributed by atoms with van der Waals surface area (Å²) >= 11 is 0. The van der Waals surface area contributed by atoms with Crippen LogP contribution in [-0.4, -0.2) is 62.2 Å². The molecule has 2 aromatic rings. The molecule has 3 fully saturated rings. The monoisotopic (exact) mass is 548 g/mol. The van der Waals surface area contributed by atoms with Crippen molar-refractivity contribution in [3.05, 3.63) is 47.1 Å². The number of hydrogen-bond acceptors (Lipinski definition) is 5. The zero-order valence-corrected chi connectivity index (χ0v) is 22.1. The highest BCUT2D eigenvalue weighted by Gasteiger charge is 2.51. The van der Waals surface area contributed by atoms with E-state index in [1.807, 2.05) is 6.92 Å². The maximum Gasteiger partial charge on any atom is 0.416 e. The van der Waals surface area contributed by atoms with Crippen LogP contribution in [0.25, 0.3) is 0 Å². The summed E-state index contributed by atoms with van der Waals surface area (Å²) in [4.78, 5) is 34.3. The molecule has 1 aromatic heterocycles. The molecule has 2 saturated carbocycles. The van der Waals surface area contributed by atoms with Gasteiger partial charge in [-0.25, -0.2) is 4.79 Å². The summed E-state index contributed by atoms with van der Waals surface area (Å²) in [7, 11) is 0. The number of halogens is 3. The Morgan fingerprint density at radius 2 is 1.77 bits per heavy atom. The predicted molar refractivity (Wildman–Crippen MR) is 135 cm³/mol. The molecular weight excluding hydrogens is 513 g/mol. The van der Waals surface area contributed by atoms with E-state index in [0.29, 0.717) is 55.4 Å². The van der Waals surface area contributed by atoms with Crippen LogP contribution in [0.5, 0.6) is 0 Å². The highest BCUT2D eigenvalue weighted by atomic mass is 19.4. The first-order valence-electron chi connectivity index (χ1n) is 13.9. The average Bonchev–Trinajstić information content (AvgIpc) is 3.43. The van der Waals surface area contributed by atoms with Gasteiger partial charge in [0.1, 0.15) is 5.54 Å². The number of carboxylic acid groups (broad SMARTS) is 1. The van der Waals surface area contributed by atoms with Gasteiger partial charge in [0.05, 0.1) is 11.5 Å². The van der Waals surface area contributed by atoms with Gasteiger partial charge in [-0.15, -0.1) is 0 Å².